The topological polar surface area (TPSA) is 56.7 Å². The van der Waals surface area contributed by atoms with Crippen LogP contribution in [0.3, 0.4) is 0 Å². The highest BCUT2D eigenvalue weighted by atomic mass is 15.1. The monoisotopic (exact) mass is 280 g/mol. The lowest BCUT2D eigenvalue weighted by Gasteiger charge is -2.18. The summed E-state index contributed by atoms with van der Waals surface area (Å²) in [6.07, 6.45) is 5.71. The maximum atomic E-state index is 5.89. The second-order valence-corrected chi connectivity index (χ2v) is 5.35. The molecule has 0 aliphatic heterocycles. The van der Waals surface area contributed by atoms with Crippen LogP contribution in [-0.2, 0) is 6.42 Å². The number of hydrogen-bond acceptors (Lipinski definition) is 3. The van der Waals surface area contributed by atoms with Crippen molar-refractivity contribution in [2.45, 2.75) is 32.7 Å². The minimum atomic E-state index is 0.225. The Labute approximate surface area is 124 Å². The molecule has 3 rings (SSSR count). The molecule has 0 radical (unpaired) electrons. The van der Waals surface area contributed by atoms with Gasteiger partial charge in [0.15, 0.2) is 0 Å². The molecule has 3 aromatic rings. The van der Waals surface area contributed by atoms with Gasteiger partial charge in [-0.2, -0.15) is 0 Å². The highest BCUT2D eigenvalue weighted by molar-refractivity contribution is 5.80. The van der Waals surface area contributed by atoms with E-state index in [0.717, 1.165) is 35.4 Å². The number of nitrogen functional groups attached to an aromatic ring is 1. The Morgan fingerprint density at radius 2 is 1.95 bits per heavy atom. The van der Waals surface area contributed by atoms with Gasteiger partial charge >= 0.3 is 0 Å². The third kappa shape index (κ3) is 2.49. The number of fused-ring (bicyclic) bond motifs is 1. The molecule has 0 aliphatic carbocycles. The first-order chi connectivity index (χ1) is 10.2. The molecule has 0 aliphatic rings. The highest BCUT2D eigenvalue weighted by Gasteiger charge is 2.16. The van der Waals surface area contributed by atoms with Crippen LogP contribution in [0.15, 0.2) is 42.7 Å². The molecule has 2 aromatic heterocycles. The zero-order valence-corrected chi connectivity index (χ0v) is 12.5. The van der Waals surface area contributed by atoms with Crippen molar-refractivity contribution in [1.82, 2.24) is 14.5 Å². The summed E-state index contributed by atoms with van der Waals surface area (Å²) in [6.45, 7) is 4.38. The fourth-order valence-corrected chi connectivity index (χ4v) is 2.79. The SMILES string of the molecule is CCCc1nc2cc(N)ccc2n1C(C)c1ccncc1. The molecule has 0 saturated carbocycles. The van der Waals surface area contributed by atoms with Gasteiger partial charge in [-0.3, -0.25) is 4.98 Å². The van der Waals surface area contributed by atoms with Gasteiger partial charge in [0.05, 0.1) is 17.1 Å². The normalized spacial score (nSPS) is 12.7. The molecule has 108 valence electrons. The van der Waals surface area contributed by atoms with Crippen LogP contribution in [0.25, 0.3) is 11.0 Å². The molecule has 0 amide bonds. The van der Waals surface area contributed by atoms with Crippen molar-refractivity contribution < 1.29 is 0 Å². The molecule has 0 spiro atoms. The number of aryl methyl sites for hydroxylation is 1. The minimum Gasteiger partial charge on any atom is -0.399 e. The molecule has 2 N–H and O–H groups in total. The van der Waals surface area contributed by atoms with Crippen LogP contribution < -0.4 is 5.73 Å². The van der Waals surface area contributed by atoms with Crippen molar-refractivity contribution in [2.75, 3.05) is 5.73 Å². The van der Waals surface area contributed by atoms with Crippen LogP contribution in [0.4, 0.5) is 5.69 Å². The first-order valence-corrected chi connectivity index (χ1v) is 7.37. The van der Waals surface area contributed by atoms with E-state index in [1.54, 1.807) is 0 Å². The smallest absolute Gasteiger partial charge is 0.110 e. The van der Waals surface area contributed by atoms with Gasteiger partial charge in [0.2, 0.25) is 0 Å². The first-order valence-electron chi connectivity index (χ1n) is 7.37. The van der Waals surface area contributed by atoms with Crippen LogP contribution >= 0.6 is 0 Å². The van der Waals surface area contributed by atoms with Gasteiger partial charge in [-0.25, -0.2) is 4.98 Å². The second-order valence-electron chi connectivity index (χ2n) is 5.35. The standard InChI is InChI=1S/C17H20N4/c1-3-4-17-20-15-11-14(18)5-6-16(15)21(17)12(2)13-7-9-19-10-8-13/h5-12H,3-4,18H2,1-2H3. The summed E-state index contributed by atoms with van der Waals surface area (Å²) in [6, 6.07) is 10.3. The zero-order valence-electron chi connectivity index (χ0n) is 12.5. The van der Waals surface area contributed by atoms with Crippen LogP contribution in [0.5, 0.6) is 0 Å². The Balaban J connectivity index is 2.17. The van der Waals surface area contributed by atoms with Crippen molar-refractivity contribution >= 4 is 16.7 Å². The lowest BCUT2D eigenvalue weighted by Crippen LogP contribution is -2.10. The number of pyridine rings is 1. The molecule has 1 aromatic carbocycles. The van der Waals surface area contributed by atoms with E-state index < -0.39 is 0 Å². The van der Waals surface area contributed by atoms with Crippen molar-refractivity contribution in [3.63, 3.8) is 0 Å². The number of hydrogen-bond donors (Lipinski definition) is 1. The van der Waals surface area contributed by atoms with Crippen molar-refractivity contribution in [3.05, 3.63) is 54.1 Å². The van der Waals surface area contributed by atoms with Crippen molar-refractivity contribution in [1.29, 1.82) is 0 Å². The van der Waals surface area contributed by atoms with E-state index in [-0.39, 0.29) is 6.04 Å². The molecular weight excluding hydrogens is 260 g/mol. The molecule has 4 heteroatoms. The summed E-state index contributed by atoms with van der Waals surface area (Å²) < 4.78 is 2.31. The Kier molecular flexibility index (Phi) is 3.60. The number of rotatable bonds is 4. The number of benzene rings is 1. The van der Waals surface area contributed by atoms with Crippen LogP contribution in [0.2, 0.25) is 0 Å². The van der Waals surface area contributed by atoms with Gasteiger partial charge in [0.25, 0.3) is 0 Å². The number of imidazole rings is 1. The van der Waals surface area contributed by atoms with Crippen LogP contribution in [-0.4, -0.2) is 14.5 Å². The lowest BCUT2D eigenvalue weighted by molar-refractivity contribution is 0.612. The maximum Gasteiger partial charge on any atom is 0.110 e. The third-order valence-corrected chi connectivity index (χ3v) is 3.84. The van der Waals surface area contributed by atoms with Gasteiger partial charge < -0.3 is 10.3 Å². The Morgan fingerprint density at radius 1 is 1.19 bits per heavy atom. The lowest BCUT2D eigenvalue weighted by atomic mass is 10.1. The zero-order chi connectivity index (χ0) is 14.8. The molecule has 0 fully saturated rings. The summed E-state index contributed by atoms with van der Waals surface area (Å²) in [7, 11) is 0. The summed E-state index contributed by atoms with van der Waals surface area (Å²) >= 11 is 0. The molecule has 1 unspecified atom stereocenters. The Bertz CT molecular complexity index is 746. The summed E-state index contributed by atoms with van der Waals surface area (Å²) in [5.41, 5.74) is 9.99. The van der Waals surface area contributed by atoms with E-state index in [9.17, 15) is 0 Å². The molecule has 4 nitrogen and oxygen atoms in total. The predicted molar refractivity (Wildman–Crippen MR) is 86.2 cm³/mol. The number of nitrogens with two attached hydrogens (primary N) is 1. The van der Waals surface area contributed by atoms with Gasteiger partial charge in [-0.05, 0) is 49.2 Å². The second kappa shape index (κ2) is 5.56. The summed E-state index contributed by atoms with van der Waals surface area (Å²) in [5, 5.41) is 0. The fraction of sp³-hybridized carbons (Fsp3) is 0.294. The number of aromatic nitrogens is 3. The van der Waals surface area contributed by atoms with Crippen LogP contribution in [0, 0.1) is 0 Å². The molecule has 2 heterocycles. The third-order valence-electron chi connectivity index (χ3n) is 3.84. The summed E-state index contributed by atoms with van der Waals surface area (Å²) in [4.78, 5) is 8.88. The fourth-order valence-electron chi connectivity index (χ4n) is 2.79. The molecule has 0 bridgehead atoms. The molecular formula is C17H20N4. The molecule has 0 saturated heterocycles. The Hall–Kier alpha value is -2.36. The first kappa shape index (κ1) is 13.6. The number of nitrogens with zero attached hydrogens (tertiary/aromatic N) is 3. The predicted octanol–water partition coefficient (Wildman–Crippen LogP) is 3.58. The summed E-state index contributed by atoms with van der Waals surface area (Å²) in [5.74, 6) is 1.11. The van der Waals surface area contributed by atoms with Gasteiger partial charge in [-0.1, -0.05) is 6.92 Å². The molecule has 1 atom stereocenters. The van der Waals surface area contributed by atoms with Gasteiger partial charge in [0, 0.05) is 24.5 Å². The average molecular weight is 280 g/mol. The average Bonchev–Trinajstić information content (AvgIpc) is 2.85. The van der Waals surface area contributed by atoms with Crippen LogP contribution in [0.1, 0.15) is 37.7 Å². The minimum absolute atomic E-state index is 0.225. The number of anilines is 1. The van der Waals surface area contributed by atoms with E-state index in [1.807, 2.05) is 24.5 Å². The largest absolute Gasteiger partial charge is 0.399 e. The van der Waals surface area contributed by atoms with Gasteiger partial charge in [-0.15, -0.1) is 0 Å². The van der Waals surface area contributed by atoms with E-state index >= 15 is 0 Å². The van der Waals surface area contributed by atoms with E-state index in [4.69, 9.17) is 10.7 Å². The van der Waals surface area contributed by atoms with Gasteiger partial charge in [0.1, 0.15) is 5.82 Å². The van der Waals surface area contributed by atoms with E-state index in [0.29, 0.717) is 0 Å². The van der Waals surface area contributed by atoms with Crippen molar-refractivity contribution in [2.24, 2.45) is 0 Å². The molecule has 21 heavy (non-hydrogen) atoms. The maximum absolute atomic E-state index is 5.89. The highest BCUT2D eigenvalue weighted by Crippen LogP contribution is 2.27. The quantitative estimate of drug-likeness (QED) is 0.743. The Morgan fingerprint density at radius 3 is 2.67 bits per heavy atom. The van der Waals surface area contributed by atoms with Crippen molar-refractivity contribution in [3.8, 4) is 0 Å². The van der Waals surface area contributed by atoms with E-state index in [2.05, 4.69) is 41.6 Å². The van der Waals surface area contributed by atoms with E-state index in [1.165, 1.54) is 5.56 Å².